The van der Waals surface area contributed by atoms with Crippen LogP contribution in [0.4, 0.5) is 15.9 Å². The largest absolute Gasteiger partial charge is 0.488 e. The van der Waals surface area contributed by atoms with Crippen molar-refractivity contribution in [2.45, 2.75) is 45.3 Å². The molecule has 0 spiro atoms. The molecule has 0 aliphatic heterocycles. The lowest BCUT2D eigenvalue weighted by atomic mass is 10.2. The summed E-state index contributed by atoms with van der Waals surface area (Å²) in [5, 5.41) is 3.92. The van der Waals surface area contributed by atoms with Crippen molar-refractivity contribution in [3.05, 3.63) is 40.8 Å². The molecule has 1 aromatic carbocycles. The molecule has 1 saturated carbocycles. The number of anilines is 2. The molecule has 1 fully saturated rings. The maximum absolute atomic E-state index is 14.1. The highest BCUT2D eigenvalue weighted by atomic mass is 32.1. The molecule has 2 atom stereocenters. The number of carbonyl (C=O) groups excluding carboxylic acids is 2. The monoisotopic (exact) mass is 472 g/mol. The highest BCUT2D eigenvalue weighted by molar-refractivity contribution is 7.20. The van der Waals surface area contributed by atoms with E-state index in [1.165, 1.54) is 36.9 Å². The van der Waals surface area contributed by atoms with E-state index in [4.69, 9.17) is 9.47 Å². The van der Waals surface area contributed by atoms with Crippen LogP contribution in [-0.2, 0) is 9.53 Å². The first-order chi connectivity index (χ1) is 15.8. The molecule has 1 N–H and O–H groups in total. The van der Waals surface area contributed by atoms with E-state index in [2.05, 4.69) is 15.3 Å². The predicted octanol–water partition coefficient (Wildman–Crippen LogP) is 4.45. The van der Waals surface area contributed by atoms with E-state index in [1.54, 1.807) is 24.9 Å². The van der Waals surface area contributed by atoms with Crippen molar-refractivity contribution in [2.75, 3.05) is 19.5 Å². The summed E-state index contributed by atoms with van der Waals surface area (Å²) in [6.45, 7) is 3.36. The summed E-state index contributed by atoms with van der Waals surface area (Å²) < 4.78 is 25.1. The van der Waals surface area contributed by atoms with Gasteiger partial charge in [0.1, 0.15) is 39.5 Å². The van der Waals surface area contributed by atoms with Crippen LogP contribution >= 0.6 is 11.3 Å². The number of benzene rings is 1. The van der Waals surface area contributed by atoms with Crippen molar-refractivity contribution in [1.82, 2.24) is 14.9 Å². The number of carbonyl (C=O) groups is 2. The number of methoxy groups -OCH3 is 1. The van der Waals surface area contributed by atoms with Crippen molar-refractivity contribution in [3.63, 3.8) is 0 Å². The van der Waals surface area contributed by atoms with Crippen LogP contribution in [0.3, 0.4) is 0 Å². The number of fused-ring (bicyclic) bond motifs is 1. The van der Waals surface area contributed by atoms with Crippen molar-refractivity contribution in [2.24, 2.45) is 0 Å². The molecule has 2 heterocycles. The summed E-state index contributed by atoms with van der Waals surface area (Å²) in [5.41, 5.74) is 1.26. The Kier molecular flexibility index (Phi) is 6.46. The van der Waals surface area contributed by atoms with Gasteiger partial charge in [0, 0.05) is 32.5 Å². The average Bonchev–Trinajstić information content (AvgIpc) is 3.39. The van der Waals surface area contributed by atoms with Gasteiger partial charge in [0.05, 0.1) is 18.2 Å². The SMILES string of the molecule is COC(=O)c1sc2ncnc(Nc3ccc(F)cc3OC3CCC(N(C)C(C)=O)C3)c2c1C. The number of halogens is 1. The molecule has 8 nitrogen and oxygen atoms in total. The molecule has 3 aromatic rings. The second-order valence-electron chi connectivity index (χ2n) is 8.05. The van der Waals surface area contributed by atoms with Crippen LogP contribution in [0.5, 0.6) is 5.75 Å². The summed E-state index contributed by atoms with van der Waals surface area (Å²) in [7, 11) is 3.12. The molecule has 174 valence electrons. The van der Waals surface area contributed by atoms with Gasteiger partial charge in [-0.25, -0.2) is 19.2 Å². The minimum Gasteiger partial charge on any atom is -0.488 e. The number of nitrogens with one attached hydrogen (secondary N) is 1. The third-order valence-electron chi connectivity index (χ3n) is 5.99. The van der Waals surface area contributed by atoms with Gasteiger partial charge in [-0.2, -0.15) is 0 Å². The number of aryl methyl sites for hydroxylation is 1. The van der Waals surface area contributed by atoms with Crippen LogP contribution in [0.15, 0.2) is 24.5 Å². The van der Waals surface area contributed by atoms with E-state index in [0.717, 1.165) is 12.8 Å². The molecule has 0 saturated heterocycles. The minimum absolute atomic E-state index is 0.0130. The predicted molar refractivity (Wildman–Crippen MR) is 124 cm³/mol. The van der Waals surface area contributed by atoms with E-state index < -0.39 is 11.8 Å². The Morgan fingerprint density at radius 3 is 2.79 bits per heavy atom. The molecule has 2 unspecified atom stereocenters. The Morgan fingerprint density at radius 2 is 2.06 bits per heavy atom. The lowest BCUT2D eigenvalue weighted by Gasteiger charge is -2.23. The van der Waals surface area contributed by atoms with E-state index in [1.807, 2.05) is 6.92 Å². The zero-order chi connectivity index (χ0) is 23.7. The fourth-order valence-corrected chi connectivity index (χ4v) is 5.16. The highest BCUT2D eigenvalue weighted by Gasteiger charge is 2.30. The molecular formula is C23H25FN4O4S. The Labute approximate surface area is 194 Å². The van der Waals surface area contributed by atoms with Crippen molar-refractivity contribution >= 4 is 44.9 Å². The summed E-state index contributed by atoms with van der Waals surface area (Å²) in [4.78, 5) is 35.2. The highest BCUT2D eigenvalue weighted by Crippen LogP contribution is 2.38. The van der Waals surface area contributed by atoms with E-state index in [-0.39, 0.29) is 18.1 Å². The van der Waals surface area contributed by atoms with Crippen LogP contribution in [0.1, 0.15) is 41.4 Å². The molecule has 1 amide bonds. The number of thiophene rings is 1. The summed E-state index contributed by atoms with van der Waals surface area (Å²) in [5.74, 6) is 0.0102. The molecule has 1 aliphatic rings. The zero-order valence-electron chi connectivity index (χ0n) is 18.8. The first-order valence-corrected chi connectivity index (χ1v) is 11.4. The normalized spacial score (nSPS) is 17.7. The second kappa shape index (κ2) is 9.30. The summed E-state index contributed by atoms with van der Waals surface area (Å²) in [6.07, 6.45) is 3.54. The first-order valence-electron chi connectivity index (χ1n) is 10.6. The average molecular weight is 473 g/mol. The van der Waals surface area contributed by atoms with Crippen LogP contribution in [-0.4, -0.2) is 53.0 Å². The Hall–Kier alpha value is -3.27. The molecule has 0 bridgehead atoms. The van der Waals surface area contributed by atoms with Gasteiger partial charge in [-0.15, -0.1) is 11.3 Å². The second-order valence-corrected chi connectivity index (χ2v) is 9.05. The van der Waals surface area contributed by atoms with E-state index in [0.29, 0.717) is 44.3 Å². The van der Waals surface area contributed by atoms with Gasteiger partial charge in [-0.3, -0.25) is 4.79 Å². The molecule has 2 aromatic heterocycles. The summed E-state index contributed by atoms with van der Waals surface area (Å²) >= 11 is 1.23. The third-order valence-corrected chi connectivity index (χ3v) is 7.17. The number of nitrogens with zero attached hydrogens (tertiary/aromatic N) is 3. The smallest absolute Gasteiger partial charge is 0.348 e. The van der Waals surface area contributed by atoms with Crippen LogP contribution < -0.4 is 10.1 Å². The quantitative estimate of drug-likeness (QED) is 0.530. The maximum Gasteiger partial charge on any atom is 0.348 e. The van der Waals surface area contributed by atoms with Crippen molar-refractivity contribution in [3.8, 4) is 5.75 Å². The first kappa shape index (κ1) is 22.9. The van der Waals surface area contributed by atoms with Crippen LogP contribution in [0, 0.1) is 12.7 Å². The Balaban J connectivity index is 1.61. The molecular weight excluding hydrogens is 447 g/mol. The number of esters is 1. The Morgan fingerprint density at radius 1 is 1.27 bits per heavy atom. The van der Waals surface area contributed by atoms with Gasteiger partial charge < -0.3 is 19.7 Å². The fourth-order valence-electron chi connectivity index (χ4n) is 4.09. The van der Waals surface area contributed by atoms with Crippen molar-refractivity contribution < 1.29 is 23.5 Å². The zero-order valence-corrected chi connectivity index (χ0v) is 19.7. The van der Waals surface area contributed by atoms with Gasteiger partial charge >= 0.3 is 5.97 Å². The van der Waals surface area contributed by atoms with Crippen molar-refractivity contribution in [1.29, 1.82) is 0 Å². The van der Waals surface area contributed by atoms with Gasteiger partial charge in [-0.05, 0) is 37.5 Å². The number of hydrogen-bond acceptors (Lipinski definition) is 8. The van der Waals surface area contributed by atoms with E-state index in [9.17, 15) is 14.0 Å². The molecule has 1 aliphatic carbocycles. The summed E-state index contributed by atoms with van der Waals surface area (Å²) in [6, 6.07) is 4.37. The lowest BCUT2D eigenvalue weighted by Crippen LogP contribution is -2.34. The molecule has 10 heteroatoms. The Bertz CT molecular complexity index is 1210. The number of ether oxygens (including phenoxy) is 2. The standard InChI is InChI=1S/C23H25FN4O4S/c1-12-19-21(25-11-26-22(19)33-20(12)23(30)31-4)27-17-8-5-14(24)9-18(17)32-16-7-6-15(10-16)28(3)13(2)29/h5,8-9,11,15-16H,6-7,10H2,1-4H3,(H,25,26,27). The van der Waals surface area contributed by atoms with Gasteiger partial charge in [-0.1, -0.05) is 0 Å². The number of aromatic nitrogens is 2. The number of amides is 1. The van der Waals surface area contributed by atoms with Gasteiger partial charge in [0.25, 0.3) is 0 Å². The number of rotatable bonds is 6. The van der Waals surface area contributed by atoms with E-state index >= 15 is 0 Å². The fraction of sp³-hybridized carbons (Fsp3) is 0.391. The topological polar surface area (TPSA) is 93.7 Å². The van der Waals surface area contributed by atoms with Gasteiger partial charge in [0.2, 0.25) is 5.91 Å². The molecule has 4 rings (SSSR count). The van der Waals surface area contributed by atoms with Crippen LogP contribution in [0.2, 0.25) is 0 Å². The van der Waals surface area contributed by atoms with Gasteiger partial charge in [0.15, 0.2) is 0 Å². The molecule has 0 radical (unpaired) electrons. The maximum atomic E-state index is 14.1. The minimum atomic E-state index is -0.432. The third kappa shape index (κ3) is 4.61. The number of hydrogen-bond donors (Lipinski definition) is 1. The molecule has 33 heavy (non-hydrogen) atoms. The lowest BCUT2D eigenvalue weighted by molar-refractivity contribution is -0.129. The van der Waals surface area contributed by atoms with Crippen LogP contribution in [0.25, 0.3) is 10.2 Å².